The summed E-state index contributed by atoms with van der Waals surface area (Å²) >= 11 is 0. The van der Waals surface area contributed by atoms with E-state index in [-0.39, 0.29) is 6.10 Å². The fourth-order valence-electron chi connectivity index (χ4n) is 2.21. The van der Waals surface area contributed by atoms with Crippen LogP contribution in [0.3, 0.4) is 0 Å². The van der Waals surface area contributed by atoms with E-state index in [1.807, 2.05) is 6.08 Å². The lowest BCUT2D eigenvalue weighted by Crippen LogP contribution is -2.17. The van der Waals surface area contributed by atoms with Crippen LogP contribution in [0.5, 0.6) is 0 Å². The predicted octanol–water partition coefficient (Wildman–Crippen LogP) is 4.17. The number of allylic oxidation sites excluding steroid dienone is 1. The molecule has 2 unspecified atom stereocenters. The maximum atomic E-state index is 9.81. The van der Waals surface area contributed by atoms with Crippen LogP contribution in [0.25, 0.3) is 0 Å². The van der Waals surface area contributed by atoms with Crippen LogP contribution in [-0.4, -0.2) is 11.2 Å². The molecule has 0 aromatic rings. The first-order chi connectivity index (χ1) is 6.85. The van der Waals surface area contributed by atoms with Crippen molar-refractivity contribution in [2.45, 2.75) is 65.9 Å². The largest absolute Gasteiger partial charge is 0.393 e. The normalized spacial score (nSPS) is 16.1. The Morgan fingerprint density at radius 2 is 1.93 bits per heavy atom. The van der Waals surface area contributed by atoms with Gasteiger partial charge in [0.25, 0.3) is 0 Å². The van der Waals surface area contributed by atoms with Crippen LogP contribution in [0.4, 0.5) is 0 Å². The number of rotatable bonds is 7. The first-order valence-electron chi connectivity index (χ1n) is 6.14. The summed E-state index contributed by atoms with van der Waals surface area (Å²) in [6.07, 6.45) is 6.92. The van der Waals surface area contributed by atoms with Crippen molar-refractivity contribution in [1.29, 1.82) is 0 Å². The van der Waals surface area contributed by atoms with E-state index < -0.39 is 0 Å². The molecule has 0 radical (unpaired) electrons. The Balaban J connectivity index is 3.66. The van der Waals surface area contributed by atoms with Crippen LogP contribution >= 0.6 is 0 Å². The second-order valence-corrected chi connectivity index (χ2v) is 5.98. The van der Waals surface area contributed by atoms with Gasteiger partial charge in [0.1, 0.15) is 0 Å². The summed E-state index contributed by atoms with van der Waals surface area (Å²) < 4.78 is 0. The van der Waals surface area contributed by atoms with E-state index in [9.17, 15) is 5.11 Å². The minimum atomic E-state index is -0.123. The third-order valence-corrected chi connectivity index (χ3v) is 2.58. The molecule has 0 aliphatic carbocycles. The van der Waals surface area contributed by atoms with Crippen molar-refractivity contribution in [3.63, 3.8) is 0 Å². The minimum absolute atomic E-state index is 0.123. The molecule has 0 saturated carbocycles. The fraction of sp³-hybridized carbons (Fsp3) is 0.857. The van der Waals surface area contributed by atoms with E-state index in [1.165, 1.54) is 6.42 Å². The predicted molar refractivity (Wildman–Crippen MR) is 67.9 cm³/mol. The van der Waals surface area contributed by atoms with E-state index in [2.05, 4.69) is 34.3 Å². The van der Waals surface area contributed by atoms with Crippen molar-refractivity contribution >= 4 is 0 Å². The zero-order valence-electron chi connectivity index (χ0n) is 10.9. The van der Waals surface area contributed by atoms with E-state index >= 15 is 0 Å². The van der Waals surface area contributed by atoms with Gasteiger partial charge in [0.05, 0.1) is 6.10 Å². The molecule has 15 heavy (non-hydrogen) atoms. The number of unbranched alkanes of at least 4 members (excludes halogenated alkanes) is 1. The SMILES string of the molecule is C=CCCCC(O)CC(C)CC(C)(C)C. The Bertz CT molecular complexity index is 167. The summed E-state index contributed by atoms with van der Waals surface area (Å²) in [6.45, 7) is 12.7. The molecule has 0 aromatic carbocycles. The number of hydrogen-bond acceptors (Lipinski definition) is 1. The fourth-order valence-corrected chi connectivity index (χ4v) is 2.21. The average Bonchev–Trinajstić information content (AvgIpc) is 2.00. The van der Waals surface area contributed by atoms with Crippen LogP contribution < -0.4 is 0 Å². The van der Waals surface area contributed by atoms with Gasteiger partial charge in [-0.05, 0) is 43.4 Å². The maximum absolute atomic E-state index is 9.81. The first-order valence-corrected chi connectivity index (χ1v) is 6.14. The van der Waals surface area contributed by atoms with Gasteiger partial charge in [0.2, 0.25) is 0 Å². The molecule has 0 rings (SSSR count). The average molecular weight is 212 g/mol. The number of hydrogen-bond donors (Lipinski definition) is 1. The zero-order valence-corrected chi connectivity index (χ0v) is 10.9. The molecule has 0 bridgehead atoms. The Hall–Kier alpha value is -0.300. The van der Waals surface area contributed by atoms with Crippen LogP contribution in [0.1, 0.15) is 59.8 Å². The van der Waals surface area contributed by atoms with Crippen molar-refractivity contribution in [1.82, 2.24) is 0 Å². The number of aliphatic hydroxyl groups excluding tert-OH is 1. The maximum Gasteiger partial charge on any atom is 0.0542 e. The van der Waals surface area contributed by atoms with Crippen molar-refractivity contribution < 1.29 is 5.11 Å². The summed E-state index contributed by atoms with van der Waals surface area (Å²) in [4.78, 5) is 0. The minimum Gasteiger partial charge on any atom is -0.393 e. The molecule has 1 N–H and O–H groups in total. The lowest BCUT2D eigenvalue weighted by atomic mass is 9.83. The van der Waals surface area contributed by atoms with Gasteiger partial charge in [-0.15, -0.1) is 6.58 Å². The summed E-state index contributed by atoms with van der Waals surface area (Å²) in [6, 6.07) is 0. The topological polar surface area (TPSA) is 20.2 Å². The lowest BCUT2D eigenvalue weighted by Gasteiger charge is -2.24. The molecule has 1 nitrogen and oxygen atoms in total. The summed E-state index contributed by atoms with van der Waals surface area (Å²) in [5.74, 6) is 0.615. The van der Waals surface area contributed by atoms with Gasteiger partial charge in [0.15, 0.2) is 0 Å². The highest BCUT2D eigenvalue weighted by Crippen LogP contribution is 2.27. The Kier molecular flexibility index (Phi) is 6.91. The molecular weight excluding hydrogens is 184 g/mol. The van der Waals surface area contributed by atoms with Gasteiger partial charge in [-0.2, -0.15) is 0 Å². The molecule has 0 aromatic heterocycles. The van der Waals surface area contributed by atoms with Crippen LogP contribution in [0, 0.1) is 11.3 Å². The quantitative estimate of drug-likeness (QED) is 0.496. The second-order valence-electron chi connectivity index (χ2n) is 5.98. The Morgan fingerprint density at radius 1 is 1.33 bits per heavy atom. The Morgan fingerprint density at radius 3 is 2.40 bits per heavy atom. The van der Waals surface area contributed by atoms with Crippen molar-refractivity contribution in [3.05, 3.63) is 12.7 Å². The van der Waals surface area contributed by atoms with Crippen LogP contribution in [0.15, 0.2) is 12.7 Å². The molecule has 0 heterocycles. The third-order valence-electron chi connectivity index (χ3n) is 2.58. The molecular formula is C14H28O. The van der Waals surface area contributed by atoms with Gasteiger partial charge >= 0.3 is 0 Å². The molecule has 1 heteroatoms. The van der Waals surface area contributed by atoms with E-state index in [0.717, 1.165) is 25.7 Å². The molecule has 0 saturated heterocycles. The van der Waals surface area contributed by atoms with Crippen LogP contribution in [0.2, 0.25) is 0 Å². The van der Waals surface area contributed by atoms with Gasteiger partial charge in [-0.3, -0.25) is 0 Å². The van der Waals surface area contributed by atoms with Crippen molar-refractivity contribution in [3.8, 4) is 0 Å². The third kappa shape index (κ3) is 9.99. The monoisotopic (exact) mass is 212 g/mol. The second kappa shape index (κ2) is 7.05. The molecule has 2 atom stereocenters. The van der Waals surface area contributed by atoms with Gasteiger partial charge in [0, 0.05) is 0 Å². The standard InChI is InChI=1S/C14H28O/c1-6-7-8-9-13(15)10-12(2)11-14(3,4)5/h6,12-13,15H,1,7-11H2,2-5H3. The molecule has 0 aliphatic rings. The highest BCUT2D eigenvalue weighted by atomic mass is 16.3. The highest BCUT2D eigenvalue weighted by Gasteiger charge is 2.17. The lowest BCUT2D eigenvalue weighted by molar-refractivity contribution is 0.122. The van der Waals surface area contributed by atoms with Gasteiger partial charge in [-0.25, -0.2) is 0 Å². The van der Waals surface area contributed by atoms with Crippen molar-refractivity contribution in [2.75, 3.05) is 0 Å². The Labute approximate surface area is 95.6 Å². The zero-order chi connectivity index (χ0) is 11.9. The van der Waals surface area contributed by atoms with Crippen molar-refractivity contribution in [2.24, 2.45) is 11.3 Å². The first kappa shape index (κ1) is 14.7. The molecule has 90 valence electrons. The summed E-state index contributed by atoms with van der Waals surface area (Å²) in [5, 5.41) is 9.81. The van der Waals surface area contributed by atoms with E-state index in [1.54, 1.807) is 0 Å². The molecule has 0 aliphatic heterocycles. The van der Waals surface area contributed by atoms with E-state index in [4.69, 9.17) is 0 Å². The summed E-state index contributed by atoms with van der Waals surface area (Å²) in [5.41, 5.74) is 0.375. The van der Waals surface area contributed by atoms with Gasteiger partial charge in [-0.1, -0.05) is 33.8 Å². The molecule has 0 spiro atoms. The summed E-state index contributed by atoms with van der Waals surface area (Å²) in [7, 11) is 0. The highest BCUT2D eigenvalue weighted by molar-refractivity contribution is 4.71. The number of aliphatic hydroxyl groups is 1. The van der Waals surface area contributed by atoms with Gasteiger partial charge < -0.3 is 5.11 Å². The molecule has 0 fully saturated rings. The van der Waals surface area contributed by atoms with Crippen LogP contribution in [-0.2, 0) is 0 Å². The smallest absolute Gasteiger partial charge is 0.0542 e. The molecule has 0 amide bonds. The van der Waals surface area contributed by atoms with E-state index in [0.29, 0.717) is 11.3 Å².